The summed E-state index contributed by atoms with van der Waals surface area (Å²) in [6.07, 6.45) is 12.1. The Kier molecular flexibility index (Phi) is 7.29. The highest BCUT2D eigenvalue weighted by Gasteiger charge is 2.33. The zero-order valence-electron chi connectivity index (χ0n) is 21.9. The molecule has 186 valence electrons. The number of anilines is 2. The molecule has 2 heterocycles. The lowest BCUT2D eigenvalue weighted by molar-refractivity contribution is 0.0984. The Morgan fingerprint density at radius 1 is 0.943 bits per heavy atom. The summed E-state index contributed by atoms with van der Waals surface area (Å²) in [7, 11) is 0. The molecule has 1 saturated carbocycles. The summed E-state index contributed by atoms with van der Waals surface area (Å²) in [5.74, 6) is 0.868. The zero-order valence-corrected chi connectivity index (χ0v) is 21.9. The van der Waals surface area contributed by atoms with E-state index in [0.29, 0.717) is 5.92 Å². The van der Waals surface area contributed by atoms with Crippen molar-refractivity contribution >= 4 is 28.1 Å². The second kappa shape index (κ2) is 10.6. The molecular formula is C31H41N3O. The van der Waals surface area contributed by atoms with Crippen LogP contribution in [0, 0.1) is 5.92 Å². The van der Waals surface area contributed by atoms with E-state index in [1.807, 2.05) is 6.07 Å². The molecule has 0 bridgehead atoms. The Morgan fingerprint density at radius 3 is 2.54 bits per heavy atom. The lowest BCUT2D eigenvalue weighted by Crippen LogP contribution is -2.34. The van der Waals surface area contributed by atoms with Crippen molar-refractivity contribution in [2.24, 2.45) is 5.92 Å². The van der Waals surface area contributed by atoms with Gasteiger partial charge in [-0.15, -0.1) is 0 Å². The van der Waals surface area contributed by atoms with E-state index in [-0.39, 0.29) is 5.91 Å². The molecule has 0 unspecified atom stereocenters. The molecule has 1 saturated heterocycles. The van der Waals surface area contributed by atoms with Crippen LogP contribution in [0.25, 0.3) is 10.8 Å². The monoisotopic (exact) mass is 471 g/mol. The Balaban J connectivity index is 1.28. The number of hydrogen-bond donors (Lipinski definition) is 0. The van der Waals surface area contributed by atoms with Crippen LogP contribution < -0.4 is 9.80 Å². The maximum Gasteiger partial charge on any atom is 0.259 e. The van der Waals surface area contributed by atoms with Crippen LogP contribution >= 0.6 is 0 Å². The minimum atomic E-state index is 0.198. The zero-order chi connectivity index (χ0) is 24.4. The van der Waals surface area contributed by atoms with Crippen molar-refractivity contribution in [1.82, 2.24) is 4.90 Å². The van der Waals surface area contributed by atoms with Crippen LogP contribution in [0.3, 0.4) is 0 Å². The average molecular weight is 472 g/mol. The Morgan fingerprint density at radius 2 is 1.77 bits per heavy atom. The molecule has 5 rings (SSSR count). The number of allylic oxidation sites excluding steroid dienone is 3. The van der Waals surface area contributed by atoms with E-state index < -0.39 is 0 Å². The maximum atomic E-state index is 13.3. The fourth-order valence-corrected chi connectivity index (χ4v) is 5.79. The predicted molar refractivity (Wildman–Crippen MR) is 149 cm³/mol. The quantitative estimate of drug-likeness (QED) is 0.396. The lowest BCUT2D eigenvalue weighted by atomic mass is 9.85. The third kappa shape index (κ3) is 5.18. The molecule has 2 aromatic rings. The second-order valence-electron chi connectivity index (χ2n) is 11.1. The molecule has 2 fully saturated rings. The molecule has 35 heavy (non-hydrogen) atoms. The number of carbonyl (C=O) groups excluding carboxylic acids is 1. The molecule has 1 amide bonds. The summed E-state index contributed by atoms with van der Waals surface area (Å²) in [6.45, 7) is 12.9. The van der Waals surface area contributed by atoms with Gasteiger partial charge in [0.15, 0.2) is 0 Å². The maximum absolute atomic E-state index is 13.3. The first-order chi connectivity index (χ1) is 17.0. The van der Waals surface area contributed by atoms with Gasteiger partial charge in [-0.1, -0.05) is 41.9 Å². The molecule has 1 aliphatic carbocycles. The molecule has 4 nitrogen and oxygen atoms in total. The normalized spacial score (nSPS) is 19.3. The fourth-order valence-electron chi connectivity index (χ4n) is 5.79. The Hall–Kier alpha value is -2.59. The largest absolute Gasteiger partial charge is 0.370 e. The van der Waals surface area contributed by atoms with Gasteiger partial charge in [-0.05, 0) is 77.0 Å². The molecular weight excluding hydrogens is 430 g/mol. The topological polar surface area (TPSA) is 26.8 Å². The van der Waals surface area contributed by atoms with Crippen LogP contribution in [0.15, 0.2) is 53.6 Å². The van der Waals surface area contributed by atoms with Gasteiger partial charge < -0.3 is 9.80 Å². The van der Waals surface area contributed by atoms with E-state index in [0.717, 1.165) is 63.4 Å². The summed E-state index contributed by atoms with van der Waals surface area (Å²) in [5, 5.41) is 2.42. The van der Waals surface area contributed by atoms with Gasteiger partial charge in [-0.3, -0.25) is 9.69 Å². The first kappa shape index (κ1) is 24.1. The highest BCUT2D eigenvalue weighted by Crippen LogP contribution is 2.43. The summed E-state index contributed by atoms with van der Waals surface area (Å²) in [4.78, 5) is 20.5. The SMILES string of the molecule is CC(C)=CCC/C(C)=C/CN1CCCN(c2ccc3c4c(cccc24)C(=O)N3CC2CCC2)CC1. The molecule has 0 aromatic heterocycles. The van der Waals surface area contributed by atoms with Gasteiger partial charge in [-0.2, -0.15) is 0 Å². The minimum absolute atomic E-state index is 0.198. The Bertz CT molecular complexity index is 1140. The third-order valence-corrected chi connectivity index (χ3v) is 8.15. The summed E-state index contributed by atoms with van der Waals surface area (Å²) >= 11 is 0. The van der Waals surface area contributed by atoms with E-state index in [1.165, 1.54) is 53.3 Å². The van der Waals surface area contributed by atoms with Crippen molar-refractivity contribution in [2.75, 3.05) is 49.1 Å². The van der Waals surface area contributed by atoms with Crippen molar-refractivity contribution in [1.29, 1.82) is 0 Å². The second-order valence-corrected chi connectivity index (χ2v) is 11.1. The van der Waals surface area contributed by atoms with E-state index in [1.54, 1.807) is 0 Å². The summed E-state index contributed by atoms with van der Waals surface area (Å²) in [6, 6.07) is 10.8. The van der Waals surface area contributed by atoms with Gasteiger partial charge in [0.25, 0.3) is 5.91 Å². The van der Waals surface area contributed by atoms with Crippen molar-refractivity contribution in [2.45, 2.75) is 59.3 Å². The van der Waals surface area contributed by atoms with Gasteiger partial charge in [0, 0.05) is 61.3 Å². The van der Waals surface area contributed by atoms with Crippen LogP contribution in [0.2, 0.25) is 0 Å². The smallest absolute Gasteiger partial charge is 0.259 e. The highest BCUT2D eigenvalue weighted by atomic mass is 16.2. The number of amides is 1. The first-order valence-electron chi connectivity index (χ1n) is 13.6. The molecule has 2 aliphatic heterocycles. The number of rotatable bonds is 8. The fraction of sp³-hybridized carbons (Fsp3) is 0.516. The van der Waals surface area contributed by atoms with Crippen LogP contribution in [0.4, 0.5) is 11.4 Å². The van der Waals surface area contributed by atoms with Gasteiger partial charge in [0.1, 0.15) is 0 Å². The molecule has 0 spiro atoms. The molecule has 0 atom stereocenters. The molecule has 2 aromatic carbocycles. The Labute approximate surface area is 211 Å². The number of nitrogens with zero attached hydrogens (tertiary/aromatic N) is 3. The van der Waals surface area contributed by atoms with E-state index in [4.69, 9.17) is 0 Å². The van der Waals surface area contributed by atoms with Crippen molar-refractivity contribution < 1.29 is 4.79 Å². The molecule has 0 N–H and O–H groups in total. The van der Waals surface area contributed by atoms with Crippen molar-refractivity contribution in [3.8, 4) is 0 Å². The van der Waals surface area contributed by atoms with E-state index in [2.05, 4.69) is 71.9 Å². The van der Waals surface area contributed by atoms with Gasteiger partial charge in [0.2, 0.25) is 0 Å². The number of hydrogen-bond acceptors (Lipinski definition) is 3. The van der Waals surface area contributed by atoms with Crippen LogP contribution in [0.1, 0.15) is 69.7 Å². The van der Waals surface area contributed by atoms with Crippen LogP contribution in [-0.4, -0.2) is 50.1 Å². The first-order valence-corrected chi connectivity index (χ1v) is 13.6. The number of benzene rings is 2. The standard InChI is InChI=1S/C31H41N3O/c1-23(2)8-4-9-24(3)16-19-32-17-7-18-33(21-20-32)28-14-15-29-30-26(28)12-6-13-27(30)31(35)34(29)22-25-10-5-11-25/h6,8,12-16,25H,4-5,7,9-11,17-22H2,1-3H3/b24-16+. The molecule has 0 radical (unpaired) electrons. The number of carbonyl (C=O) groups is 1. The predicted octanol–water partition coefficient (Wildman–Crippen LogP) is 6.80. The lowest BCUT2D eigenvalue weighted by Gasteiger charge is -2.31. The minimum Gasteiger partial charge on any atom is -0.370 e. The molecule has 3 aliphatic rings. The van der Waals surface area contributed by atoms with Gasteiger partial charge >= 0.3 is 0 Å². The van der Waals surface area contributed by atoms with Crippen LogP contribution in [-0.2, 0) is 0 Å². The summed E-state index contributed by atoms with van der Waals surface area (Å²) in [5.41, 5.74) is 6.21. The van der Waals surface area contributed by atoms with Crippen LogP contribution in [0.5, 0.6) is 0 Å². The van der Waals surface area contributed by atoms with E-state index in [9.17, 15) is 4.79 Å². The van der Waals surface area contributed by atoms with Crippen molar-refractivity contribution in [3.05, 3.63) is 59.2 Å². The third-order valence-electron chi connectivity index (χ3n) is 8.15. The van der Waals surface area contributed by atoms with E-state index >= 15 is 0 Å². The highest BCUT2D eigenvalue weighted by molar-refractivity contribution is 6.26. The van der Waals surface area contributed by atoms with Gasteiger partial charge in [-0.25, -0.2) is 0 Å². The summed E-state index contributed by atoms with van der Waals surface area (Å²) < 4.78 is 0. The molecule has 4 heteroatoms. The van der Waals surface area contributed by atoms with Crippen molar-refractivity contribution in [3.63, 3.8) is 0 Å². The average Bonchev–Trinajstić information content (AvgIpc) is 2.96. The van der Waals surface area contributed by atoms with Gasteiger partial charge in [0.05, 0.1) is 5.69 Å².